The van der Waals surface area contributed by atoms with Crippen molar-refractivity contribution in [2.24, 2.45) is 23.7 Å². The van der Waals surface area contributed by atoms with Crippen LogP contribution in [0.15, 0.2) is 30.3 Å². The van der Waals surface area contributed by atoms with Gasteiger partial charge in [0, 0.05) is 19.0 Å². The highest BCUT2D eigenvalue weighted by Crippen LogP contribution is 2.57. The number of rotatable bonds is 7. The molecule has 1 aromatic carbocycles. The van der Waals surface area contributed by atoms with Crippen LogP contribution in [0.3, 0.4) is 0 Å². The van der Waals surface area contributed by atoms with Gasteiger partial charge in [-0.15, -0.1) is 0 Å². The molecule has 6 heteroatoms. The molecule has 150 valence electrons. The summed E-state index contributed by atoms with van der Waals surface area (Å²) in [5.74, 6) is 3.34. The molecule has 6 atom stereocenters. The van der Waals surface area contributed by atoms with Crippen LogP contribution in [0.2, 0.25) is 0 Å². The van der Waals surface area contributed by atoms with Crippen molar-refractivity contribution < 1.29 is 14.3 Å². The molecule has 0 radical (unpaired) electrons. The first kappa shape index (κ1) is 18.1. The highest BCUT2D eigenvalue weighted by molar-refractivity contribution is 5.93. The quantitative estimate of drug-likeness (QED) is 0.559. The maximum Gasteiger partial charge on any atom is 0.416 e. The summed E-state index contributed by atoms with van der Waals surface area (Å²) in [4.78, 5) is 26.1. The monoisotopic (exact) mass is 383 g/mol. The molecule has 5 fully saturated rings. The second-order valence-electron chi connectivity index (χ2n) is 9.02. The van der Waals surface area contributed by atoms with Gasteiger partial charge in [0.05, 0.1) is 6.04 Å². The van der Waals surface area contributed by atoms with Gasteiger partial charge in [0.15, 0.2) is 0 Å². The second-order valence-corrected chi connectivity index (χ2v) is 9.02. The number of imide groups is 1. The summed E-state index contributed by atoms with van der Waals surface area (Å²) < 4.78 is 5.16. The standard InChI is InChI=1S/C22H29N3O3/c26-20(25-18(13-28-22(25)27)10-14-4-2-1-3-5-14)6-7-23-24-21-17-9-15-8-16(12-17)19(21)11-15/h1-5,15-19,21,23-24H,6-13H2/t15-,16-,17-,18-,19-,21-/m0/s1. The van der Waals surface area contributed by atoms with Crippen molar-refractivity contribution in [3.05, 3.63) is 35.9 Å². The first-order valence-electron chi connectivity index (χ1n) is 10.7. The fourth-order valence-corrected chi connectivity index (χ4v) is 6.24. The molecular formula is C22H29N3O3. The van der Waals surface area contributed by atoms with Gasteiger partial charge in [-0.05, 0) is 61.3 Å². The number of carbonyl (C=O) groups is 2. The van der Waals surface area contributed by atoms with E-state index in [0.717, 1.165) is 29.2 Å². The average molecular weight is 383 g/mol. The molecule has 5 aliphatic rings. The summed E-state index contributed by atoms with van der Waals surface area (Å²) in [5.41, 5.74) is 7.90. The highest BCUT2D eigenvalue weighted by Gasteiger charge is 2.53. The summed E-state index contributed by atoms with van der Waals surface area (Å²) in [5, 5.41) is 0. The zero-order chi connectivity index (χ0) is 19.1. The van der Waals surface area contributed by atoms with Crippen LogP contribution in [-0.4, -0.2) is 42.1 Å². The number of nitrogens with zero attached hydrogens (tertiary/aromatic N) is 1. The molecule has 2 N–H and O–H groups in total. The summed E-state index contributed by atoms with van der Waals surface area (Å²) in [6.45, 7) is 0.809. The van der Waals surface area contributed by atoms with E-state index in [0.29, 0.717) is 25.4 Å². The fourth-order valence-electron chi connectivity index (χ4n) is 6.24. The van der Waals surface area contributed by atoms with Crippen molar-refractivity contribution in [2.45, 2.75) is 50.6 Å². The predicted octanol–water partition coefficient (Wildman–Crippen LogP) is 2.50. The van der Waals surface area contributed by atoms with Crippen molar-refractivity contribution in [3.8, 4) is 0 Å². The fraction of sp³-hybridized carbons (Fsp3) is 0.636. The Hall–Kier alpha value is -1.92. The first-order chi connectivity index (χ1) is 13.7. The Morgan fingerprint density at radius 1 is 1.11 bits per heavy atom. The van der Waals surface area contributed by atoms with E-state index in [9.17, 15) is 9.59 Å². The molecule has 0 spiro atoms. The molecular weight excluding hydrogens is 354 g/mol. The van der Waals surface area contributed by atoms with E-state index in [4.69, 9.17) is 4.74 Å². The lowest BCUT2D eigenvalue weighted by atomic mass is 9.79. The van der Waals surface area contributed by atoms with Gasteiger partial charge in [0.25, 0.3) is 0 Å². The molecule has 1 aromatic rings. The molecule has 1 heterocycles. The zero-order valence-electron chi connectivity index (χ0n) is 16.2. The lowest BCUT2D eigenvalue weighted by Crippen LogP contribution is -2.49. The van der Waals surface area contributed by atoms with Crippen LogP contribution in [0.4, 0.5) is 4.79 Å². The maximum absolute atomic E-state index is 12.7. The zero-order valence-corrected chi connectivity index (χ0v) is 16.2. The highest BCUT2D eigenvalue weighted by atomic mass is 16.6. The van der Waals surface area contributed by atoms with Crippen molar-refractivity contribution in [2.75, 3.05) is 13.2 Å². The summed E-state index contributed by atoms with van der Waals surface area (Å²) >= 11 is 0. The largest absolute Gasteiger partial charge is 0.447 e. The van der Waals surface area contributed by atoms with E-state index in [1.165, 1.54) is 30.6 Å². The van der Waals surface area contributed by atoms with Gasteiger partial charge in [-0.2, -0.15) is 0 Å². The van der Waals surface area contributed by atoms with Gasteiger partial charge >= 0.3 is 6.09 Å². The summed E-state index contributed by atoms with van der Waals surface area (Å²) in [6.07, 6.45) is 5.97. The van der Waals surface area contributed by atoms with E-state index >= 15 is 0 Å². The van der Waals surface area contributed by atoms with Crippen LogP contribution < -0.4 is 10.9 Å². The van der Waals surface area contributed by atoms with E-state index in [2.05, 4.69) is 10.9 Å². The lowest BCUT2D eigenvalue weighted by molar-refractivity contribution is -0.129. The maximum atomic E-state index is 12.7. The van der Waals surface area contributed by atoms with E-state index < -0.39 is 6.09 Å². The molecule has 0 unspecified atom stereocenters. The normalized spacial score (nSPS) is 35.6. The van der Waals surface area contributed by atoms with E-state index in [1.54, 1.807) is 0 Å². The SMILES string of the molecule is O=C(CCNN[C@H]1[C@H]2C[C@@H]3C[C@@H](C2)[C@@H]1C3)N1C(=O)OC[C@@H]1Cc1ccccc1. The Balaban J connectivity index is 1.10. The predicted molar refractivity (Wildman–Crippen MR) is 104 cm³/mol. The molecule has 2 amide bonds. The van der Waals surface area contributed by atoms with Crippen LogP contribution in [0.1, 0.15) is 37.7 Å². The number of hydrazine groups is 1. The van der Waals surface area contributed by atoms with Gasteiger partial charge in [-0.25, -0.2) is 9.69 Å². The molecule has 28 heavy (non-hydrogen) atoms. The van der Waals surface area contributed by atoms with Crippen LogP contribution >= 0.6 is 0 Å². The summed E-state index contributed by atoms with van der Waals surface area (Å²) in [7, 11) is 0. The van der Waals surface area contributed by atoms with Crippen LogP contribution in [0.25, 0.3) is 0 Å². The van der Waals surface area contributed by atoms with E-state index in [-0.39, 0.29) is 18.6 Å². The topological polar surface area (TPSA) is 70.7 Å². The second kappa shape index (κ2) is 7.48. The number of carbonyl (C=O) groups excluding carboxylic acids is 2. The number of nitrogens with one attached hydrogen (secondary N) is 2. The third-order valence-electron chi connectivity index (χ3n) is 7.33. The minimum Gasteiger partial charge on any atom is -0.447 e. The van der Waals surface area contributed by atoms with Gasteiger partial charge in [0.2, 0.25) is 5.91 Å². The number of ether oxygens (including phenoxy) is 1. The third kappa shape index (κ3) is 3.33. The Kier molecular flexibility index (Phi) is 4.85. The molecule has 1 saturated heterocycles. The first-order valence-corrected chi connectivity index (χ1v) is 10.7. The van der Waals surface area contributed by atoms with E-state index in [1.807, 2.05) is 30.3 Å². The van der Waals surface area contributed by atoms with Crippen LogP contribution in [0, 0.1) is 23.7 Å². The number of cyclic esters (lactones) is 1. The van der Waals surface area contributed by atoms with Crippen molar-refractivity contribution in [1.82, 2.24) is 15.8 Å². The minimum absolute atomic E-state index is 0.161. The van der Waals surface area contributed by atoms with Gasteiger partial charge in [-0.1, -0.05) is 30.3 Å². The lowest BCUT2D eigenvalue weighted by Gasteiger charge is -2.33. The molecule has 4 aliphatic carbocycles. The molecule has 6 rings (SSSR count). The van der Waals surface area contributed by atoms with Crippen molar-refractivity contribution in [1.29, 1.82) is 0 Å². The smallest absolute Gasteiger partial charge is 0.416 e. The minimum atomic E-state index is -0.510. The van der Waals surface area contributed by atoms with Gasteiger partial charge in [0.1, 0.15) is 6.61 Å². The number of amides is 2. The van der Waals surface area contributed by atoms with Crippen LogP contribution in [-0.2, 0) is 16.0 Å². The Bertz CT molecular complexity index is 736. The van der Waals surface area contributed by atoms with Crippen LogP contribution in [0.5, 0.6) is 0 Å². The van der Waals surface area contributed by atoms with Gasteiger partial charge in [-0.3, -0.25) is 15.6 Å². The molecule has 1 aliphatic heterocycles. The van der Waals surface area contributed by atoms with Crippen molar-refractivity contribution >= 4 is 12.0 Å². The van der Waals surface area contributed by atoms with Gasteiger partial charge < -0.3 is 4.74 Å². The molecule has 4 saturated carbocycles. The number of hydrogen-bond acceptors (Lipinski definition) is 5. The summed E-state index contributed by atoms with van der Waals surface area (Å²) in [6, 6.07) is 10.3. The molecule has 6 nitrogen and oxygen atoms in total. The molecule has 0 aromatic heterocycles. The van der Waals surface area contributed by atoms with Crippen molar-refractivity contribution in [3.63, 3.8) is 0 Å². The Morgan fingerprint density at radius 3 is 2.75 bits per heavy atom. The third-order valence-corrected chi connectivity index (χ3v) is 7.33. The molecule has 4 bridgehead atoms. The average Bonchev–Trinajstić information content (AvgIpc) is 3.28. The number of hydrogen-bond donors (Lipinski definition) is 2. The Morgan fingerprint density at radius 2 is 1.93 bits per heavy atom. The number of benzene rings is 1. The Labute approximate surface area is 166 Å².